The van der Waals surface area contributed by atoms with Crippen molar-refractivity contribution in [3.05, 3.63) is 70.9 Å². The Kier molecular flexibility index (Phi) is 7.52. The molecule has 1 saturated carbocycles. The average molecular weight is 494 g/mol. The number of nitrogens with zero attached hydrogens (tertiary/aromatic N) is 2. The molecule has 2 aromatic carbocycles. The molecule has 3 aromatic rings. The smallest absolute Gasteiger partial charge is 0.326 e. The van der Waals surface area contributed by atoms with Crippen LogP contribution in [0, 0.1) is 5.82 Å². The van der Waals surface area contributed by atoms with E-state index in [0.29, 0.717) is 17.0 Å². The van der Waals surface area contributed by atoms with Gasteiger partial charge in [0.2, 0.25) is 11.7 Å². The Morgan fingerprint density at radius 3 is 2.42 bits per heavy atom. The molecule has 36 heavy (non-hydrogen) atoms. The van der Waals surface area contributed by atoms with Crippen LogP contribution in [0.2, 0.25) is 0 Å². The van der Waals surface area contributed by atoms with E-state index in [1.54, 1.807) is 18.2 Å². The first-order chi connectivity index (χ1) is 17.1. The topological polar surface area (TPSA) is 105 Å². The van der Waals surface area contributed by atoms with Gasteiger partial charge in [-0.1, -0.05) is 63.4 Å². The number of carboxylic acid groups (broad SMARTS) is 1. The van der Waals surface area contributed by atoms with Gasteiger partial charge in [-0.2, -0.15) is 4.98 Å². The van der Waals surface area contributed by atoms with Crippen LogP contribution in [0.5, 0.6) is 0 Å². The number of hydrogen-bond donors (Lipinski definition) is 2. The zero-order chi connectivity index (χ0) is 25.9. The minimum Gasteiger partial charge on any atom is -0.480 e. The number of amides is 1. The summed E-state index contributed by atoms with van der Waals surface area (Å²) in [5, 5.41) is 16.2. The van der Waals surface area contributed by atoms with Gasteiger partial charge in [-0.05, 0) is 53.6 Å². The molecule has 1 amide bonds. The molecule has 0 bridgehead atoms. The molecule has 190 valence electrons. The molecule has 1 atom stereocenters. The number of hydrogen-bond acceptors (Lipinski definition) is 5. The van der Waals surface area contributed by atoms with Gasteiger partial charge in [0.05, 0.1) is 5.56 Å². The Morgan fingerprint density at radius 1 is 1.11 bits per heavy atom. The van der Waals surface area contributed by atoms with Gasteiger partial charge in [0.1, 0.15) is 11.9 Å². The van der Waals surface area contributed by atoms with Crippen molar-refractivity contribution in [2.75, 3.05) is 0 Å². The molecule has 0 spiro atoms. The second-order valence-electron chi connectivity index (χ2n) is 10.5. The van der Waals surface area contributed by atoms with E-state index in [4.69, 9.17) is 4.52 Å². The Labute approximate surface area is 210 Å². The maximum absolute atomic E-state index is 14.9. The molecule has 1 aliphatic carbocycles. The quantitative estimate of drug-likeness (QED) is 0.441. The molecule has 1 fully saturated rings. The van der Waals surface area contributed by atoms with Crippen LogP contribution in [-0.4, -0.2) is 33.2 Å². The zero-order valence-electron chi connectivity index (χ0n) is 20.9. The van der Waals surface area contributed by atoms with E-state index in [-0.39, 0.29) is 29.1 Å². The molecule has 1 aliphatic rings. The lowest BCUT2D eigenvalue weighted by molar-refractivity contribution is -0.139. The van der Waals surface area contributed by atoms with E-state index in [0.717, 1.165) is 31.2 Å². The Balaban J connectivity index is 1.44. The molecule has 4 rings (SSSR count). The second-order valence-corrected chi connectivity index (χ2v) is 10.5. The number of rotatable bonds is 7. The summed E-state index contributed by atoms with van der Waals surface area (Å²) in [7, 11) is 0. The highest BCUT2D eigenvalue weighted by molar-refractivity contribution is 5.96. The van der Waals surface area contributed by atoms with Crippen LogP contribution >= 0.6 is 0 Å². The largest absolute Gasteiger partial charge is 0.480 e. The molecular formula is C28H32FN3O4. The Hall–Kier alpha value is -3.55. The summed E-state index contributed by atoms with van der Waals surface area (Å²) in [5.41, 5.74) is 1.99. The van der Waals surface area contributed by atoms with Crippen molar-refractivity contribution in [1.82, 2.24) is 15.5 Å². The van der Waals surface area contributed by atoms with Crippen LogP contribution in [0.25, 0.3) is 11.4 Å². The van der Waals surface area contributed by atoms with Crippen LogP contribution in [0.1, 0.15) is 86.2 Å². The fourth-order valence-electron chi connectivity index (χ4n) is 4.53. The lowest BCUT2D eigenvalue weighted by Gasteiger charge is -2.19. The fraction of sp³-hybridized carbons (Fsp3) is 0.429. The Morgan fingerprint density at radius 2 is 1.81 bits per heavy atom. The van der Waals surface area contributed by atoms with Gasteiger partial charge in [-0.3, -0.25) is 4.79 Å². The summed E-state index contributed by atoms with van der Waals surface area (Å²) < 4.78 is 20.3. The molecule has 1 aromatic heterocycles. The molecule has 1 unspecified atom stereocenters. The third kappa shape index (κ3) is 5.98. The molecule has 0 aliphatic heterocycles. The number of carbonyl (C=O) groups excluding carboxylic acids is 1. The number of carboxylic acids is 1. The van der Waals surface area contributed by atoms with Gasteiger partial charge >= 0.3 is 5.97 Å². The van der Waals surface area contributed by atoms with Crippen molar-refractivity contribution < 1.29 is 23.6 Å². The van der Waals surface area contributed by atoms with Crippen LogP contribution in [0.4, 0.5) is 4.39 Å². The van der Waals surface area contributed by atoms with Gasteiger partial charge in [-0.15, -0.1) is 0 Å². The lowest BCUT2D eigenvalue weighted by atomic mass is 9.86. The number of aromatic nitrogens is 2. The van der Waals surface area contributed by atoms with Crippen molar-refractivity contribution in [2.24, 2.45) is 0 Å². The molecule has 0 radical (unpaired) electrons. The summed E-state index contributed by atoms with van der Waals surface area (Å²) in [5.74, 6) is -1.33. The van der Waals surface area contributed by atoms with Crippen LogP contribution in [-0.2, 0) is 16.6 Å². The summed E-state index contributed by atoms with van der Waals surface area (Å²) in [6.07, 6.45) is 5.36. The highest BCUT2D eigenvalue weighted by Gasteiger charge is 2.25. The predicted molar refractivity (Wildman–Crippen MR) is 133 cm³/mol. The highest BCUT2D eigenvalue weighted by atomic mass is 19.1. The van der Waals surface area contributed by atoms with Crippen molar-refractivity contribution >= 4 is 11.9 Å². The number of nitrogens with one attached hydrogen (secondary N) is 1. The van der Waals surface area contributed by atoms with E-state index in [9.17, 15) is 19.1 Å². The fourth-order valence-corrected chi connectivity index (χ4v) is 4.53. The maximum atomic E-state index is 14.9. The standard InChI is InChI=1S/C28H32FN3O4/c1-28(2,3)20-12-10-18(11-13-20)25(33)30-23(27(34)35)16-17-9-14-21(22(29)15-17)24-31-26(36-32-24)19-7-5-4-6-8-19/h9-15,19,23H,4-8,16H2,1-3H3,(H,30,33)(H,34,35). The third-order valence-corrected chi connectivity index (χ3v) is 6.73. The highest BCUT2D eigenvalue weighted by Crippen LogP contribution is 2.33. The van der Waals surface area contributed by atoms with Gasteiger partial charge in [0, 0.05) is 17.9 Å². The second kappa shape index (κ2) is 10.6. The summed E-state index contributed by atoms with van der Waals surface area (Å²) in [6.45, 7) is 6.21. The summed E-state index contributed by atoms with van der Waals surface area (Å²) in [4.78, 5) is 28.9. The lowest BCUT2D eigenvalue weighted by Crippen LogP contribution is -2.42. The van der Waals surface area contributed by atoms with Crippen molar-refractivity contribution in [2.45, 2.75) is 76.7 Å². The van der Waals surface area contributed by atoms with Gasteiger partial charge < -0.3 is 14.9 Å². The number of carbonyl (C=O) groups is 2. The van der Waals surface area contributed by atoms with E-state index >= 15 is 0 Å². The SMILES string of the molecule is CC(C)(C)c1ccc(C(=O)NC(Cc2ccc(-c3noc(C4CCCCC4)n3)c(F)c2)C(=O)O)cc1. The average Bonchev–Trinajstić information content (AvgIpc) is 3.34. The minimum atomic E-state index is -1.21. The molecule has 0 saturated heterocycles. The normalized spacial score (nSPS) is 15.4. The van der Waals surface area contributed by atoms with E-state index in [1.807, 2.05) is 12.1 Å². The van der Waals surface area contributed by atoms with Crippen molar-refractivity contribution in [3.8, 4) is 11.4 Å². The summed E-state index contributed by atoms with van der Waals surface area (Å²) in [6, 6.07) is 10.2. The number of halogens is 1. The van der Waals surface area contributed by atoms with Crippen molar-refractivity contribution in [1.29, 1.82) is 0 Å². The first-order valence-corrected chi connectivity index (χ1v) is 12.4. The monoisotopic (exact) mass is 493 g/mol. The Bertz CT molecular complexity index is 1220. The van der Waals surface area contributed by atoms with Crippen LogP contribution < -0.4 is 5.32 Å². The molecular weight excluding hydrogens is 461 g/mol. The van der Waals surface area contributed by atoms with E-state index in [1.165, 1.54) is 18.6 Å². The van der Waals surface area contributed by atoms with Crippen LogP contribution in [0.3, 0.4) is 0 Å². The molecule has 2 N–H and O–H groups in total. The molecule has 8 heteroatoms. The first kappa shape index (κ1) is 25.5. The third-order valence-electron chi connectivity index (χ3n) is 6.73. The zero-order valence-corrected chi connectivity index (χ0v) is 20.9. The van der Waals surface area contributed by atoms with Gasteiger partial charge in [0.15, 0.2) is 0 Å². The minimum absolute atomic E-state index is 0.0617. The number of aliphatic carboxylic acids is 1. The van der Waals surface area contributed by atoms with Crippen LogP contribution in [0.15, 0.2) is 47.0 Å². The van der Waals surface area contributed by atoms with E-state index in [2.05, 4.69) is 36.2 Å². The van der Waals surface area contributed by atoms with E-state index < -0.39 is 23.7 Å². The van der Waals surface area contributed by atoms with Gasteiger partial charge in [0.25, 0.3) is 5.91 Å². The summed E-state index contributed by atoms with van der Waals surface area (Å²) >= 11 is 0. The number of benzene rings is 2. The van der Waals surface area contributed by atoms with Gasteiger partial charge in [-0.25, -0.2) is 9.18 Å². The maximum Gasteiger partial charge on any atom is 0.326 e. The molecule has 1 heterocycles. The predicted octanol–water partition coefficient (Wildman–Crippen LogP) is 5.65. The first-order valence-electron chi connectivity index (χ1n) is 12.4. The van der Waals surface area contributed by atoms with Crippen molar-refractivity contribution in [3.63, 3.8) is 0 Å². The molecule has 7 nitrogen and oxygen atoms in total.